The van der Waals surface area contributed by atoms with E-state index >= 15 is 0 Å². The van der Waals surface area contributed by atoms with Gasteiger partial charge in [0.15, 0.2) is 0 Å². The molecule has 0 saturated carbocycles. The Balaban J connectivity index is 2.54. The molecule has 2 atom stereocenters. The lowest BCUT2D eigenvalue weighted by molar-refractivity contribution is -0.691. The molecule has 1 saturated heterocycles. The molecule has 0 aliphatic carbocycles. The van der Waals surface area contributed by atoms with Crippen molar-refractivity contribution in [2.45, 2.75) is 26.3 Å². The Kier molecular flexibility index (Phi) is 2.27. The van der Waals surface area contributed by atoms with Crippen molar-refractivity contribution in [1.82, 2.24) is 0 Å². The maximum absolute atomic E-state index is 8.55. The summed E-state index contributed by atoms with van der Waals surface area (Å²) in [4.78, 5) is 0. The van der Waals surface area contributed by atoms with Crippen LogP contribution in [0.1, 0.15) is 20.3 Å². The Morgan fingerprint density at radius 3 is 2.80 bits per heavy atom. The normalized spacial score (nSPS) is 38.4. The summed E-state index contributed by atoms with van der Waals surface area (Å²) in [7, 11) is 0. The third-order valence-electron chi connectivity index (χ3n) is 2.12. The molecule has 0 radical (unpaired) electrons. The molecule has 3 N–H and O–H groups in total. The first-order valence-corrected chi connectivity index (χ1v) is 3.78. The van der Waals surface area contributed by atoms with Gasteiger partial charge in [-0.3, -0.25) is 0 Å². The van der Waals surface area contributed by atoms with Gasteiger partial charge in [0.1, 0.15) is 0 Å². The van der Waals surface area contributed by atoms with Gasteiger partial charge in [-0.05, 0) is 6.92 Å². The summed E-state index contributed by atoms with van der Waals surface area (Å²) >= 11 is 0. The van der Waals surface area contributed by atoms with Crippen LogP contribution >= 0.6 is 0 Å². The molecule has 0 aromatic heterocycles. The fourth-order valence-corrected chi connectivity index (χ4v) is 1.33. The molecular weight excluding hydrogens is 128 g/mol. The molecule has 10 heavy (non-hydrogen) atoms. The predicted octanol–water partition coefficient (Wildman–Crippen LogP) is -0.192. The molecule has 3 nitrogen and oxygen atoms in total. The predicted molar refractivity (Wildman–Crippen MR) is 39.3 cm³/mol. The van der Waals surface area contributed by atoms with Gasteiger partial charge in [0, 0.05) is 12.3 Å². The molecule has 3 heteroatoms. The molecule has 58 valence electrons. The number of oxime groups is 1. The van der Waals surface area contributed by atoms with E-state index in [1.165, 1.54) is 0 Å². The number of nitrogens with two attached hydrogens (primary N) is 1. The van der Waals surface area contributed by atoms with Crippen molar-refractivity contribution in [3.63, 3.8) is 0 Å². The van der Waals surface area contributed by atoms with Crippen molar-refractivity contribution in [1.29, 1.82) is 0 Å². The molecule has 1 aliphatic heterocycles. The van der Waals surface area contributed by atoms with E-state index in [9.17, 15) is 0 Å². The van der Waals surface area contributed by atoms with E-state index in [0.717, 1.165) is 18.7 Å². The molecule has 1 heterocycles. The Labute approximate surface area is 61.1 Å². The number of hydrogen-bond donors (Lipinski definition) is 2. The number of nitrogens with zero attached hydrogens (tertiary/aromatic N) is 1. The Morgan fingerprint density at radius 2 is 2.30 bits per heavy atom. The monoisotopic (exact) mass is 143 g/mol. The third-order valence-corrected chi connectivity index (χ3v) is 2.12. The van der Waals surface area contributed by atoms with E-state index in [1.807, 2.05) is 0 Å². The minimum Gasteiger partial charge on any atom is -0.411 e. The largest absolute Gasteiger partial charge is 0.411 e. The Bertz CT molecular complexity index is 145. The summed E-state index contributed by atoms with van der Waals surface area (Å²) < 4.78 is 0. The number of quaternary nitrogens is 1. The van der Waals surface area contributed by atoms with E-state index in [1.54, 1.807) is 0 Å². The van der Waals surface area contributed by atoms with E-state index in [4.69, 9.17) is 5.21 Å². The quantitative estimate of drug-likeness (QED) is 0.358. The maximum atomic E-state index is 8.55. The van der Waals surface area contributed by atoms with E-state index in [-0.39, 0.29) is 0 Å². The van der Waals surface area contributed by atoms with Crippen molar-refractivity contribution < 1.29 is 10.5 Å². The summed E-state index contributed by atoms with van der Waals surface area (Å²) in [5, 5.41) is 14.1. The third kappa shape index (κ3) is 1.48. The molecule has 0 aromatic carbocycles. The van der Waals surface area contributed by atoms with Gasteiger partial charge in [-0.2, -0.15) is 0 Å². The maximum Gasteiger partial charge on any atom is 0.0885 e. The first kappa shape index (κ1) is 7.54. The number of piperidine rings is 1. The van der Waals surface area contributed by atoms with Crippen molar-refractivity contribution in [2.24, 2.45) is 11.1 Å². The van der Waals surface area contributed by atoms with Crippen molar-refractivity contribution in [2.75, 3.05) is 6.54 Å². The minimum absolute atomic E-state index is 0.446. The van der Waals surface area contributed by atoms with Crippen molar-refractivity contribution in [3.8, 4) is 0 Å². The first-order valence-electron chi connectivity index (χ1n) is 3.78. The zero-order chi connectivity index (χ0) is 7.56. The van der Waals surface area contributed by atoms with Crippen LogP contribution in [0, 0.1) is 5.92 Å². The van der Waals surface area contributed by atoms with Crippen LogP contribution in [0.4, 0.5) is 0 Å². The van der Waals surface area contributed by atoms with Crippen LogP contribution in [0.25, 0.3) is 0 Å². The highest BCUT2D eigenvalue weighted by Gasteiger charge is 2.23. The molecule has 0 amide bonds. The van der Waals surface area contributed by atoms with Crippen LogP contribution < -0.4 is 5.32 Å². The molecule has 1 rings (SSSR count). The average Bonchev–Trinajstić information content (AvgIpc) is 1.94. The van der Waals surface area contributed by atoms with E-state index in [2.05, 4.69) is 24.3 Å². The van der Waals surface area contributed by atoms with Crippen LogP contribution in [-0.2, 0) is 0 Å². The Hall–Kier alpha value is -0.570. The average molecular weight is 143 g/mol. The topological polar surface area (TPSA) is 49.2 Å². The summed E-state index contributed by atoms with van der Waals surface area (Å²) in [6.45, 7) is 5.30. The van der Waals surface area contributed by atoms with Gasteiger partial charge in [-0.25, -0.2) is 0 Å². The van der Waals surface area contributed by atoms with Gasteiger partial charge in [-0.1, -0.05) is 12.1 Å². The molecule has 0 aromatic rings. The zero-order valence-corrected chi connectivity index (χ0v) is 6.54. The van der Waals surface area contributed by atoms with E-state index in [0.29, 0.717) is 12.0 Å². The van der Waals surface area contributed by atoms with Crippen LogP contribution in [0.5, 0.6) is 0 Å². The second-order valence-corrected chi connectivity index (χ2v) is 3.15. The summed E-state index contributed by atoms with van der Waals surface area (Å²) in [5.74, 6) is 0.446. The number of rotatable bonds is 0. The molecule has 0 bridgehead atoms. The fraction of sp³-hybridized carbons (Fsp3) is 0.857. The summed E-state index contributed by atoms with van der Waals surface area (Å²) in [6.07, 6.45) is 0.928. The highest BCUT2D eigenvalue weighted by atomic mass is 16.4. The lowest BCUT2D eigenvalue weighted by atomic mass is 9.95. The SMILES string of the molecule is C[C@@H]1C[NH2+][C@@H](C)C/C1=N\O. The standard InChI is InChI=1S/C7H14N2O/c1-5-4-8-6(2)3-7(5)9-10/h5-6,8,10H,3-4H2,1-2H3/p+1/b9-7+/t5-,6+/m1/s1. The first-order chi connectivity index (χ1) is 4.74. The van der Waals surface area contributed by atoms with Gasteiger partial charge in [0.2, 0.25) is 0 Å². The second-order valence-electron chi connectivity index (χ2n) is 3.15. The fourth-order valence-electron chi connectivity index (χ4n) is 1.33. The van der Waals surface area contributed by atoms with Gasteiger partial charge in [0.25, 0.3) is 0 Å². The van der Waals surface area contributed by atoms with E-state index < -0.39 is 0 Å². The molecule has 1 fully saturated rings. The number of hydrogen-bond acceptors (Lipinski definition) is 2. The summed E-state index contributed by atoms with van der Waals surface area (Å²) in [6, 6.07) is 0.585. The van der Waals surface area contributed by atoms with Crippen molar-refractivity contribution in [3.05, 3.63) is 0 Å². The molecule has 1 aliphatic rings. The molecule has 0 unspecified atom stereocenters. The van der Waals surface area contributed by atoms with Gasteiger partial charge in [0.05, 0.1) is 18.3 Å². The van der Waals surface area contributed by atoms with Gasteiger partial charge < -0.3 is 10.5 Å². The lowest BCUT2D eigenvalue weighted by Crippen LogP contribution is -2.92. The highest BCUT2D eigenvalue weighted by molar-refractivity contribution is 5.86. The van der Waals surface area contributed by atoms with Crippen LogP contribution in [0.15, 0.2) is 5.16 Å². The van der Waals surface area contributed by atoms with Crippen LogP contribution in [-0.4, -0.2) is 23.5 Å². The van der Waals surface area contributed by atoms with Gasteiger partial charge >= 0.3 is 0 Å². The molecule has 0 spiro atoms. The minimum atomic E-state index is 0.446. The van der Waals surface area contributed by atoms with Gasteiger partial charge in [-0.15, -0.1) is 0 Å². The van der Waals surface area contributed by atoms with Crippen LogP contribution in [0.2, 0.25) is 0 Å². The lowest BCUT2D eigenvalue weighted by Gasteiger charge is -2.22. The van der Waals surface area contributed by atoms with Crippen molar-refractivity contribution >= 4 is 5.71 Å². The summed E-state index contributed by atoms with van der Waals surface area (Å²) in [5.41, 5.74) is 0.954. The van der Waals surface area contributed by atoms with Crippen LogP contribution in [0.3, 0.4) is 0 Å². The Morgan fingerprint density at radius 1 is 1.60 bits per heavy atom. The highest BCUT2D eigenvalue weighted by Crippen LogP contribution is 2.05. The molecular formula is C7H15N2O+. The smallest absolute Gasteiger partial charge is 0.0885 e. The zero-order valence-electron chi connectivity index (χ0n) is 6.54. The second kappa shape index (κ2) is 3.01.